The fraction of sp³-hybridized carbons (Fsp3) is 0.742. The summed E-state index contributed by atoms with van der Waals surface area (Å²) in [7, 11) is 0. The quantitative estimate of drug-likeness (QED) is 0.0261. The van der Waals surface area contributed by atoms with E-state index in [0.29, 0.717) is 19.3 Å². The maximum absolute atomic E-state index is 12.8. The van der Waals surface area contributed by atoms with E-state index < -0.39 is 6.10 Å². The van der Waals surface area contributed by atoms with Gasteiger partial charge in [-0.3, -0.25) is 14.4 Å². The number of allylic oxidation sites excluding steroid dienone is 14. The summed E-state index contributed by atoms with van der Waals surface area (Å²) in [5, 5.41) is 0. The third kappa shape index (κ3) is 57.5. The molecule has 72 heavy (non-hydrogen) atoms. The zero-order valence-corrected chi connectivity index (χ0v) is 47.4. The normalized spacial score (nSPS) is 12.7. The van der Waals surface area contributed by atoms with Crippen molar-refractivity contribution in [2.24, 2.45) is 0 Å². The Balaban J connectivity index is 4.18. The minimum atomic E-state index is -0.777. The first kappa shape index (κ1) is 68.6. The van der Waals surface area contributed by atoms with Gasteiger partial charge in [0.15, 0.2) is 6.10 Å². The predicted molar refractivity (Wildman–Crippen MR) is 311 cm³/mol. The standard InChI is InChI=1S/C66H114O6/c1-4-7-10-13-16-19-21-23-25-27-29-30-31-32-33-34-35-36-38-39-41-43-45-47-50-53-56-59-65(68)71-62-63(61-70-64(67)58-55-52-49-18-15-12-9-6-3)72-66(69)60-57-54-51-48-46-44-42-40-37-28-26-24-22-20-17-14-11-8-5-2/h7,10,16-17,19-20,23-26,29-30,32-33,63H,4-6,8-9,11-15,18,21-22,27-28,31,34-62H2,1-3H3/b10-7-,19-16-,20-17-,25-23-,26-24-,30-29-,33-32-. The number of carbonyl (C=O) groups excluding carboxylic acids is 3. The van der Waals surface area contributed by atoms with Gasteiger partial charge in [-0.25, -0.2) is 0 Å². The highest BCUT2D eigenvalue weighted by Crippen LogP contribution is 2.16. The summed E-state index contributed by atoms with van der Waals surface area (Å²) in [5.41, 5.74) is 0. The average Bonchev–Trinajstić information content (AvgIpc) is 3.38. The van der Waals surface area contributed by atoms with Gasteiger partial charge >= 0.3 is 17.9 Å². The number of hydrogen-bond donors (Lipinski definition) is 0. The number of esters is 3. The van der Waals surface area contributed by atoms with E-state index in [4.69, 9.17) is 14.2 Å². The maximum Gasteiger partial charge on any atom is 0.306 e. The van der Waals surface area contributed by atoms with Gasteiger partial charge in [0.1, 0.15) is 13.2 Å². The van der Waals surface area contributed by atoms with Crippen LogP contribution in [0.1, 0.15) is 297 Å². The Kier molecular flexibility index (Phi) is 57.3. The first-order valence-corrected chi connectivity index (χ1v) is 30.6. The molecule has 0 amide bonds. The zero-order valence-electron chi connectivity index (χ0n) is 47.4. The monoisotopic (exact) mass is 1000 g/mol. The van der Waals surface area contributed by atoms with Crippen LogP contribution in [0.4, 0.5) is 0 Å². The molecule has 0 aromatic rings. The van der Waals surface area contributed by atoms with Crippen molar-refractivity contribution in [1.29, 1.82) is 0 Å². The van der Waals surface area contributed by atoms with Crippen molar-refractivity contribution < 1.29 is 28.6 Å². The highest BCUT2D eigenvalue weighted by molar-refractivity contribution is 5.71. The second-order valence-corrected chi connectivity index (χ2v) is 20.2. The van der Waals surface area contributed by atoms with Crippen molar-refractivity contribution >= 4 is 17.9 Å². The first-order chi connectivity index (χ1) is 35.5. The number of rotatable bonds is 55. The van der Waals surface area contributed by atoms with Gasteiger partial charge in [-0.15, -0.1) is 0 Å². The second-order valence-electron chi connectivity index (χ2n) is 20.2. The van der Waals surface area contributed by atoms with E-state index in [2.05, 4.69) is 106 Å². The van der Waals surface area contributed by atoms with Crippen LogP contribution in [0.15, 0.2) is 85.1 Å². The third-order valence-electron chi connectivity index (χ3n) is 13.1. The van der Waals surface area contributed by atoms with Crippen LogP contribution in [0.25, 0.3) is 0 Å². The summed E-state index contributed by atoms with van der Waals surface area (Å²) in [6.45, 7) is 6.49. The molecule has 0 spiro atoms. The SMILES string of the molecule is CC/C=C\C/C=C\C/C=C\C/C=C\C/C=C\CCCCCCCCCCCCCC(=O)OCC(COC(=O)CCCCCCCCCC)OC(=O)CCCCCCCCCCC/C=C\C/C=C\CCCCC. The maximum atomic E-state index is 12.8. The molecule has 0 N–H and O–H groups in total. The van der Waals surface area contributed by atoms with Crippen LogP contribution in [0.2, 0.25) is 0 Å². The summed E-state index contributed by atoms with van der Waals surface area (Å²) in [6.07, 6.45) is 78.8. The van der Waals surface area contributed by atoms with Crippen molar-refractivity contribution in [3.63, 3.8) is 0 Å². The highest BCUT2D eigenvalue weighted by Gasteiger charge is 2.19. The Morgan fingerprint density at radius 2 is 0.542 bits per heavy atom. The van der Waals surface area contributed by atoms with Crippen LogP contribution in [0.5, 0.6) is 0 Å². The molecule has 0 fully saturated rings. The van der Waals surface area contributed by atoms with Crippen molar-refractivity contribution in [3.8, 4) is 0 Å². The molecule has 1 atom stereocenters. The molecule has 0 rings (SSSR count). The minimum Gasteiger partial charge on any atom is -0.462 e. The van der Waals surface area contributed by atoms with Crippen LogP contribution in [0.3, 0.4) is 0 Å². The van der Waals surface area contributed by atoms with Gasteiger partial charge in [-0.1, -0.05) is 266 Å². The summed E-state index contributed by atoms with van der Waals surface area (Å²) in [6, 6.07) is 0. The fourth-order valence-corrected chi connectivity index (χ4v) is 8.56. The fourth-order valence-electron chi connectivity index (χ4n) is 8.56. The van der Waals surface area contributed by atoms with Crippen LogP contribution in [-0.4, -0.2) is 37.2 Å². The molecular formula is C66H114O6. The number of ether oxygens (including phenoxy) is 3. The molecule has 0 aliphatic carbocycles. The Morgan fingerprint density at radius 3 is 0.875 bits per heavy atom. The lowest BCUT2D eigenvalue weighted by molar-refractivity contribution is -0.167. The molecule has 0 aromatic carbocycles. The lowest BCUT2D eigenvalue weighted by Crippen LogP contribution is -2.30. The van der Waals surface area contributed by atoms with E-state index >= 15 is 0 Å². The first-order valence-electron chi connectivity index (χ1n) is 30.6. The summed E-state index contributed by atoms with van der Waals surface area (Å²) < 4.78 is 16.8. The number of unbranched alkanes of at least 4 members (excludes halogenated alkanes) is 30. The van der Waals surface area contributed by atoms with Gasteiger partial charge in [0.05, 0.1) is 0 Å². The van der Waals surface area contributed by atoms with Crippen molar-refractivity contribution in [2.75, 3.05) is 13.2 Å². The van der Waals surface area contributed by atoms with E-state index in [1.165, 1.54) is 161 Å². The van der Waals surface area contributed by atoms with Gasteiger partial charge in [0.25, 0.3) is 0 Å². The Bertz CT molecular complexity index is 1380. The molecule has 0 saturated heterocycles. The van der Waals surface area contributed by atoms with Crippen LogP contribution in [0, 0.1) is 0 Å². The topological polar surface area (TPSA) is 78.9 Å². The summed E-state index contributed by atoms with van der Waals surface area (Å²) in [4.78, 5) is 38.1. The van der Waals surface area contributed by atoms with E-state index in [0.717, 1.165) is 96.3 Å². The van der Waals surface area contributed by atoms with Gasteiger partial charge in [0.2, 0.25) is 0 Å². The minimum absolute atomic E-state index is 0.0766. The molecule has 1 unspecified atom stereocenters. The molecule has 0 saturated carbocycles. The Hall–Kier alpha value is -3.41. The second kappa shape index (κ2) is 60.1. The van der Waals surface area contributed by atoms with Gasteiger partial charge < -0.3 is 14.2 Å². The number of hydrogen-bond acceptors (Lipinski definition) is 6. The average molecular weight is 1000 g/mol. The van der Waals surface area contributed by atoms with E-state index in [1.807, 2.05) is 0 Å². The van der Waals surface area contributed by atoms with Crippen LogP contribution in [-0.2, 0) is 28.6 Å². The summed E-state index contributed by atoms with van der Waals surface area (Å²) in [5.74, 6) is -0.880. The van der Waals surface area contributed by atoms with Crippen LogP contribution >= 0.6 is 0 Å². The predicted octanol–water partition coefficient (Wildman–Crippen LogP) is 20.7. The lowest BCUT2D eigenvalue weighted by atomic mass is 10.0. The van der Waals surface area contributed by atoms with Gasteiger partial charge in [0, 0.05) is 19.3 Å². The molecule has 0 radical (unpaired) electrons. The molecule has 6 heteroatoms. The van der Waals surface area contributed by atoms with Crippen molar-refractivity contribution in [1.82, 2.24) is 0 Å². The summed E-state index contributed by atoms with van der Waals surface area (Å²) >= 11 is 0. The number of carbonyl (C=O) groups is 3. The van der Waals surface area contributed by atoms with Gasteiger partial charge in [-0.05, 0) is 96.3 Å². The van der Waals surface area contributed by atoms with Crippen LogP contribution < -0.4 is 0 Å². The van der Waals surface area contributed by atoms with Crippen molar-refractivity contribution in [3.05, 3.63) is 85.1 Å². The molecule has 0 aliphatic heterocycles. The molecule has 414 valence electrons. The highest BCUT2D eigenvalue weighted by atomic mass is 16.6. The lowest BCUT2D eigenvalue weighted by Gasteiger charge is -2.18. The Morgan fingerprint density at radius 1 is 0.292 bits per heavy atom. The molecule has 0 aromatic heterocycles. The smallest absolute Gasteiger partial charge is 0.306 e. The van der Waals surface area contributed by atoms with E-state index in [9.17, 15) is 14.4 Å². The van der Waals surface area contributed by atoms with E-state index in [1.54, 1.807) is 0 Å². The molecule has 6 nitrogen and oxygen atoms in total. The van der Waals surface area contributed by atoms with Gasteiger partial charge in [-0.2, -0.15) is 0 Å². The molecular weight excluding hydrogens is 889 g/mol. The third-order valence-corrected chi connectivity index (χ3v) is 13.1. The molecule has 0 aliphatic rings. The molecule has 0 bridgehead atoms. The Labute approximate surface area is 445 Å². The van der Waals surface area contributed by atoms with Crippen molar-refractivity contribution in [2.45, 2.75) is 303 Å². The zero-order chi connectivity index (χ0) is 52.2. The molecule has 0 heterocycles. The van der Waals surface area contributed by atoms with E-state index in [-0.39, 0.29) is 31.1 Å². The largest absolute Gasteiger partial charge is 0.462 e.